The van der Waals surface area contributed by atoms with Crippen LogP contribution in [0.3, 0.4) is 0 Å². The Morgan fingerprint density at radius 3 is 2.71 bits per heavy atom. The molecule has 6 nitrogen and oxygen atoms in total. The van der Waals surface area contributed by atoms with Crippen molar-refractivity contribution in [3.8, 4) is 11.5 Å². The monoisotopic (exact) mass is 331 g/mol. The van der Waals surface area contributed by atoms with Crippen molar-refractivity contribution in [2.24, 2.45) is 5.92 Å². The Kier molecular flexibility index (Phi) is 6.23. The molecule has 2 rings (SSSR count). The Balaban J connectivity index is 1.98. The van der Waals surface area contributed by atoms with Gasteiger partial charge in [0.05, 0.1) is 20.4 Å². The van der Waals surface area contributed by atoms with E-state index < -0.39 is 0 Å². The van der Waals surface area contributed by atoms with Gasteiger partial charge in [-0.25, -0.2) is 4.68 Å². The molecule has 130 valence electrons. The molecule has 1 amide bonds. The van der Waals surface area contributed by atoms with Gasteiger partial charge in [0.1, 0.15) is 17.3 Å². The Bertz CT molecular complexity index is 680. The van der Waals surface area contributed by atoms with Gasteiger partial charge in [0.2, 0.25) is 5.91 Å². The van der Waals surface area contributed by atoms with E-state index in [1.165, 1.54) is 0 Å². The van der Waals surface area contributed by atoms with Crippen molar-refractivity contribution < 1.29 is 14.3 Å². The quantitative estimate of drug-likeness (QED) is 0.807. The van der Waals surface area contributed by atoms with Gasteiger partial charge < -0.3 is 14.8 Å². The van der Waals surface area contributed by atoms with E-state index in [1.807, 2.05) is 28.9 Å². The normalized spacial score (nSPS) is 10.7. The molecule has 0 radical (unpaired) electrons. The van der Waals surface area contributed by atoms with Crippen LogP contribution in [-0.2, 0) is 17.8 Å². The van der Waals surface area contributed by atoms with Gasteiger partial charge in [0.25, 0.3) is 0 Å². The second-order valence-electron chi connectivity index (χ2n) is 6.02. The van der Waals surface area contributed by atoms with E-state index in [2.05, 4.69) is 24.3 Å². The third kappa shape index (κ3) is 4.75. The lowest BCUT2D eigenvalue weighted by Gasteiger charge is -2.12. The lowest BCUT2D eigenvalue weighted by Crippen LogP contribution is -2.17. The molecule has 0 saturated heterocycles. The fourth-order valence-corrected chi connectivity index (χ4v) is 2.46. The number of ether oxygens (including phenoxy) is 2. The minimum Gasteiger partial charge on any atom is -0.497 e. The molecule has 6 heteroatoms. The third-order valence-corrected chi connectivity index (χ3v) is 3.63. The maximum absolute atomic E-state index is 12.3. The van der Waals surface area contributed by atoms with Gasteiger partial charge in [-0.3, -0.25) is 4.79 Å². The van der Waals surface area contributed by atoms with E-state index in [4.69, 9.17) is 9.47 Å². The summed E-state index contributed by atoms with van der Waals surface area (Å²) in [4.78, 5) is 12.3. The number of amides is 1. The van der Waals surface area contributed by atoms with Crippen LogP contribution < -0.4 is 14.8 Å². The van der Waals surface area contributed by atoms with Gasteiger partial charge in [-0.1, -0.05) is 13.8 Å². The summed E-state index contributed by atoms with van der Waals surface area (Å²) in [5.74, 6) is 2.65. The first kappa shape index (κ1) is 17.8. The van der Waals surface area contributed by atoms with Crippen LogP contribution in [0.5, 0.6) is 11.5 Å². The summed E-state index contributed by atoms with van der Waals surface area (Å²) in [6, 6.07) is 7.40. The van der Waals surface area contributed by atoms with E-state index >= 15 is 0 Å². The van der Waals surface area contributed by atoms with Crippen LogP contribution in [0.4, 0.5) is 5.82 Å². The predicted molar refractivity (Wildman–Crippen MR) is 93.6 cm³/mol. The van der Waals surface area contributed by atoms with Gasteiger partial charge in [-0.05, 0) is 36.1 Å². The Morgan fingerprint density at radius 2 is 2.04 bits per heavy atom. The number of anilines is 1. The molecule has 1 aromatic heterocycles. The van der Waals surface area contributed by atoms with Crippen LogP contribution in [-0.4, -0.2) is 29.9 Å². The van der Waals surface area contributed by atoms with Crippen LogP contribution in [0.2, 0.25) is 0 Å². The molecule has 0 spiro atoms. The van der Waals surface area contributed by atoms with Crippen molar-refractivity contribution in [1.29, 1.82) is 0 Å². The summed E-state index contributed by atoms with van der Waals surface area (Å²) in [6.07, 6.45) is 2.63. The zero-order valence-corrected chi connectivity index (χ0v) is 14.7. The fraction of sp³-hybridized carbons (Fsp3) is 0.444. The lowest BCUT2D eigenvalue weighted by molar-refractivity contribution is -0.116. The highest BCUT2D eigenvalue weighted by Gasteiger charge is 2.11. The molecule has 24 heavy (non-hydrogen) atoms. The van der Waals surface area contributed by atoms with E-state index in [0.717, 1.165) is 29.4 Å². The number of hydrogen-bond donors (Lipinski definition) is 1. The highest BCUT2D eigenvalue weighted by Crippen LogP contribution is 2.25. The smallest absolute Gasteiger partial charge is 0.225 e. The minimum atomic E-state index is -0.0506. The summed E-state index contributed by atoms with van der Waals surface area (Å²) in [7, 11) is 3.24. The van der Waals surface area contributed by atoms with Gasteiger partial charge in [-0.15, -0.1) is 0 Å². The first-order valence-corrected chi connectivity index (χ1v) is 8.06. The summed E-state index contributed by atoms with van der Waals surface area (Å²) in [5.41, 5.74) is 0.947. The van der Waals surface area contributed by atoms with E-state index in [1.54, 1.807) is 20.4 Å². The van der Waals surface area contributed by atoms with Gasteiger partial charge in [0, 0.05) is 19.0 Å². The molecule has 0 aliphatic rings. The van der Waals surface area contributed by atoms with E-state index in [0.29, 0.717) is 18.8 Å². The number of hydrogen-bond acceptors (Lipinski definition) is 4. The minimum absolute atomic E-state index is 0.0506. The van der Waals surface area contributed by atoms with Crippen molar-refractivity contribution in [3.05, 3.63) is 36.0 Å². The van der Waals surface area contributed by atoms with Crippen molar-refractivity contribution in [2.75, 3.05) is 19.5 Å². The highest BCUT2D eigenvalue weighted by molar-refractivity contribution is 5.90. The summed E-state index contributed by atoms with van der Waals surface area (Å²) >= 11 is 0. The Labute approximate surface area is 142 Å². The molecule has 0 bridgehead atoms. The SMILES string of the molecule is COc1ccc(OC)c(CCC(=O)Nc2ccnn2CC(C)C)c1. The van der Waals surface area contributed by atoms with Crippen LogP contribution in [0.25, 0.3) is 0 Å². The standard InChI is InChI=1S/C18H25N3O3/c1-13(2)12-21-17(9-10-19-21)20-18(22)8-5-14-11-15(23-3)6-7-16(14)24-4/h6-7,9-11,13H,5,8,12H2,1-4H3,(H,20,22). The number of aryl methyl sites for hydroxylation is 1. The molecule has 0 aliphatic heterocycles. The number of carbonyl (C=O) groups excluding carboxylic acids is 1. The fourth-order valence-electron chi connectivity index (χ4n) is 2.46. The van der Waals surface area contributed by atoms with Crippen molar-refractivity contribution in [1.82, 2.24) is 9.78 Å². The first-order valence-electron chi connectivity index (χ1n) is 8.06. The maximum Gasteiger partial charge on any atom is 0.225 e. The molecule has 0 unspecified atom stereocenters. The number of nitrogens with one attached hydrogen (secondary N) is 1. The molecule has 0 atom stereocenters. The van der Waals surface area contributed by atoms with Crippen molar-refractivity contribution in [3.63, 3.8) is 0 Å². The first-order chi connectivity index (χ1) is 11.5. The van der Waals surface area contributed by atoms with Gasteiger partial charge in [-0.2, -0.15) is 5.10 Å². The summed E-state index contributed by atoms with van der Waals surface area (Å²) < 4.78 is 12.4. The maximum atomic E-state index is 12.3. The van der Waals surface area contributed by atoms with Crippen LogP contribution in [0.1, 0.15) is 25.8 Å². The number of rotatable bonds is 8. The van der Waals surface area contributed by atoms with E-state index in [-0.39, 0.29) is 5.91 Å². The zero-order valence-electron chi connectivity index (χ0n) is 14.7. The van der Waals surface area contributed by atoms with E-state index in [9.17, 15) is 4.79 Å². The van der Waals surface area contributed by atoms with Gasteiger partial charge in [0.15, 0.2) is 0 Å². The third-order valence-electron chi connectivity index (χ3n) is 3.63. The number of carbonyl (C=O) groups is 1. The molecular weight excluding hydrogens is 306 g/mol. The van der Waals surface area contributed by atoms with Crippen LogP contribution >= 0.6 is 0 Å². The number of benzene rings is 1. The second-order valence-corrected chi connectivity index (χ2v) is 6.02. The molecule has 1 heterocycles. The number of methoxy groups -OCH3 is 2. The number of nitrogens with zero attached hydrogens (tertiary/aromatic N) is 2. The molecule has 0 saturated carbocycles. The summed E-state index contributed by atoms with van der Waals surface area (Å²) in [6.45, 7) is 5.00. The zero-order chi connectivity index (χ0) is 17.5. The predicted octanol–water partition coefficient (Wildman–Crippen LogP) is 3.13. The largest absolute Gasteiger partial charge is 0.497 e. The Morgan fingerprint density at radius 1 is 1.25 bits per heavy atom. The van der Waals surface area contributed by atoms with Gasteiger partial charge >= 0.3 is 0 Å². The van der Waals surface area contributed by atoms with Crippen LogP contribution in [0, 0.1) is 5.92 Å². The average molecular weight is 331 g/mol. The molecule has 0 fully saturated rings. The number of aromatic nitrogens is 2. The molecule has 1 N–H and O–H groups in total. The topological polar surface area (TPSA) is 65.4 Å². The average Bonchev–Trinajstić information content (AvgIpc) is 2.98. The molecule has 1 aromatic carbocycles. The summed E-state index contributed by atoms with van der Waals surface area (Å²) in [5, 5.41) is 7.16. The Hall–Kier alpha value is -2.50. The lowest BCUT2D eigenvalue weighted by atomic mass is 10.1. The second kappa shape index (κ2) is 8.38. The van der Waals surface area contributed by atoms with Crippen molar-refractivity contribution in [2.45, 2.75) is 33.2 Å². The molecular formula is C18H25N3O3. The molecule has 0 aliphatic carbocycles. The highest BCUT2D eigenvalue weighted by atomic mass is 16.5. The van der Waals surface area contributed by atoms with Crippen LogP contribution in [0.15, 0.2) is 30.5 Å². The van der Waals surface area contributed by atoms with Crippen molar-refractivity contribution >= 4 is 11.7 Å². The molecule has 2 aromatic rings.